The summed E-state index contributed by atoms with van der Waals surface area (Å²) in [4.78, 5) is 13.5. The van der Waals surface area contributed by atoms with Gasteiger partial charge in [0, 0.05) is 26.1 Å². The molecule has 0 bridgehead atoms. The second kappa shape index (κ2) is 4.65. The summed E-state index contributed by atoms with van der Waals surface area (Å²) in [7, 11) is 2.10. The molecule has 0 unspecified atom stereocenters. The maximum Gasteiger partial charge on any atom is 0.441 e. The second-order valence-electron chi connectivity index (χ2n) is 4.17. The van der Waals surface area contributed by atoms with Crippen LogP contribution in [0.2, 0.25) is 0 Å². The summed E-state index contributed by atoms with van der Waals surface area (Å²) >= 11 is 0. The first-order valence-corrected chi connectivity index (χ1v) is 5.62. The summed E-state index contributed by atoms with van der Waals surface area (Å²) in [6.07, 6.45) is 4.02. The largest absolute Gasteiger partial charge is 0.441 e. The van der Waals surface area contributed by atoms with Crippen LogP contribution < -0.4 is 5.76 Å². The predicted octanol–water partition coefficient (Wildman–Crippen LogP) is 0.661. The van der Waals surface area contributed by atoms with Crippen molar-refractivity contribution in [2.75, 3.05) is 20.1 Å². The summed E-state index contributed by atoms with van der Waals surface area (Å²) in [6, 6.07) is 0. The molecule has 0 saturated carbocycles. The predicted molar refractivity (Wildman–Crippen MR) is 60.3 cm³/mol. The maximum atomic E-state index is 11.3. The molecule has 0 atom stereocenters. The van der Waals surface area contributed by atoms with E-state index in [0.29, 0.717) is 13.0 Å². The molecule has 1 aliphatic rings. The molecule has 0 saturated heterocycles. The third-order valence-corrected chi connectivity index (χ3v) is 2.88. The fraction of sp³-hybridized carbons (Fsp3) is 0.636. The number of hydrogen-bond acceptors (Lipinski definition) is 4. The highest BCUT2D eigenvalue weighted by Gasteiger charge is 2.14. The lowest BCUT2D eigenvalue weighted by Crippen LogP contribution is -2.27. The molecule has 2 rings (SSSR count). The van der Waals surface area contributed by atoms with E-state index in [-0.39, 0.29) is 5.76 Å². The van der Waals surface area contributed by atoms with Gasteiger partial charge < -0.3 is 4.90 Å². The molecule has 5 heteroatoms. The number of rotatable bonds is 3. The molecule has 1 aliphatic heterocycles. The lowest BCUT2D eigenvalue weighted by Gasteiger charge is -2.22. The SMILES string of the molecule is CCn1c(CC2=CCCN(C)C2)noc1=O. The molecule has 0 fully saturated rings. The fourth-order valence-corrected chi connectivity index (χ4v) is 2.05. The van der Waals surface area contributed by atoms with Gasteiger partial charge in [-0.25, -0.2) is 4.79 Å². The Morgan fingerprint density at radius 3 is 3.06 bits per heavy atom. The lowest BCUT2D eigenvalue weighted by atomic mass is 10.1. The molecule has 88 valence electrons. The Kier molecular flexibility index (Phi) is 3.24. The molecule has 0 aliphatic carbocycles. The van der Waals surface area contributed by atoms with E-state index in [4.69, 9.17) is 0 Å². The van der Waals surface area contributed by atoms with E-state index in [1.807, 2.05) is 6.92 Å². The maximum absolute atomic E-state index is 11.3. The summed E-state index contributed by atoms with van der Waals surface area (Å²) in [5.41, 5.74) is 1.31. The Balaban J connectivity index is 2.14. The first kappa shape index (κ1) is 11.1. The Morgan fingerprint density at radius 1 is 1.56 bits per heavy atom. The highest BCUT2D eigenvalue weighted by atomic mass is 16.5. The van der Waals surface area contributed by atoms with E-state index in [0.717, 1.165) is 25.3 Å². The van der Waals surface area contributed by atoms with Crippen LogP contribution in [0, 0.1) is 0 Å². The normalized spacial score (nSPS) is 17.5. The zero-order chi connectivity index (χ0) is 11.5. The zero-order valence-corrected chi connectivity index (χ0v) is 9.77. The minimum Gasteiger partial charge on any atom is -0.302 e. The highest BCUT2D eigenvalue weighted by molar-refractivity contribution is 5.13. The average molecular weight is 223 g/mol. The van der Waals surface area contributed by atoms with Crippen LogP contribution in [0.25, 0.3) is 0 Å². The minimum atomic E-state index is -0.359. The number of hydrogen-bond donors (Lipinski definition) is 0. The monoisotopic (exact) mass is 223 g/mol. The van der Waals surface area contributed by atoms with Gasteiger partial charge in [0.05, 0.1) is 0 Å². The Labute approximate surface area is 94.3 Å². The van der Waals surface area contributed by atoms with Crippen LogP contribution in [0.15, 0.2) is 21.0 Å². The summed E-state index contributed by atoms with van der Waals surface area (Å²) in [5, 5.41) is 3.82. The van der Waals surface area contributed by atoms with E-state index >= 15 is 0 Å². The molecule has 5 nitrogen and oxygen atoms in total. The van der Waals surface area contributed by atoms with Crippen molar-refractivity contribution >= 4 is 0 Å². The smallest absolute Gasteiger partial charge is 0.302 e. The summed E-state index contributed by atoms with van der Waals surface area (Å²) < 4.78 is 6.25. The van der Waals surface area contributed by atoms with E-state index in [1.54, 1.807) is 4.57 Å². The highest BCUT2D eigenvalue weighted by Crippen LogP contribution is 2.12. The van der Waals surface area contributed by atoms with Crippen LogP contribution in [0.3, 0.4) is 0 Å². The Morgan fingerprint density at radius 2 is 2.38 bits per heavy atom. The van der Waals surface area contributed by atoms with Gasteiger partial charge in [-0.3, -0.25) is 9.09 Å². The Bertz CT molecular complexity index is 444. The summed E-state index contributed by atoms with van der Waals surface area (Å²) in [5.74, 6) is 0.372. The van der Waals surface area contributed by atoms with Crippen molar-refractivity contribution in [1.29, 1.82) is 0 Å². The zero-order valence-electron chi connectivity index (χ0n) is 9.77. The third kappa shape index (κ3) is 2.24. The van der Waals surface area contributed by atoms with Crippen molar-refractivity contribution in [3.8, 4) is 0 Å². The van der Waals surface area contributed by atoms with Gasteiger partial charge in [-0.1, -0.05) is 16.8 Å². The van der Waals surface area contributed by atoms with Crippen LogP contribution in [0.1, 0.15) is 19.2 Å². The second-order valence-corrected chi connectivity index (χ2v) is 4.17. The Hall–Kier alpha value is -1.36. The van der Waals surface area contributed by atoms with Gasteiger partial charge in [-0.15, -0.1) is 0 Å². The molecule has 16 heavy (non-hydrogen) atoms. The van der Waals surface area contributed by atoms with Crippen LogP contribution in [-0.2, 0) is 13.0 Å². The number of likely N-dealkylation sites (N-methyl/N-ethyl adjacent to an activating group) is 1. The van der Waals surface area contributed by atoms with Gasteiger partial charge in [0.15, 0.2) is 5.82 Å². The quantitative estimate of drug-likeness (QED) is 0.706. The van der Waals surface area contributed by atoms with Gasteiger partial charge in [-0.2, -0.15) is 0 Å². The standard InChI is InChI=1S/C11H17N3O2/c1-3-14-10(12-16-11(14)15)7-9-5-4-6-13(2)8-9/h5H,3-4,6-8H2,1-2H3. The van der Waals surface area contributed by atoms with Crippen LogP contribution in [-0.4, -0.2) is 34.8 Å². The molecular weight excluding hydrogens is 206 g/mol. The van der Waals surface area contributed by atoms with Crippen molar-refractivity contribution in [3.05, 3.63) is 28.0 Å². The van der Waals surface area contributed by atoms with Gasteiger partial charge >= 0.3 is 5.76 Å². The minimum absolute atomic E-state index is 0.359. The van der Waals surface area contributed by atoms with Crippen molar-refractivity contribution in [2.24, 2.45) is 0 Å². The van der Waals surface area contributed by atoms with Gasteiger partial charge in [0.25, 0.3) is 0 Å². The van der Waals surface area contributed by atoms with Crippen LogP contribution in [0.4, 0.5) is 0 Å². The first-order valence-electron chi connectivity index (χ1n) is 5.62. The third-order valence-electron chi connectivity index (χ3n) is 2.88. The van der Waals surface area contributed by atoms with Crippen molar-refractivity contribution in [1.82, 2.24) is 14.6 Å². The molecule has 0 amide bonds. The number of nitrogens with zero attached hydrogens (tertiary/aromatic N) is 3. The van der Waals surface area contributed by atoms with Gasteiger partial charge in [0.2, 0.25) is 0 Å². The van der Waals surface area contributed by atoms with Crippen molar-refractivity contribution in [2.45, 2.75) is 26.3 Å². The van der Waals surface area contributed by atoms with E-state index in [9.17, 15) is 4.79 Å². The van der Waals surface area contributed by atoms with E-state index in [2.05, 4.69) is 27.7 Å². The van der Waals surface area contributed by atoms with Gasteiger partial charge in [-0.05, 0) is 20.4 Å². The van der Waals surface area contributed by atoms with Crippen molar-refractivity contribution < 1.29 is 4.52 Å². The van der Waals surface area contributed by atoms with Crippen LogP contribution >= 0.6 is 0 Å². The van der Waals surface area contributed by atoms with Crippen LogP contribution in [0.5, 0.6) is 0 Å². The molecule has 0 spiro atoms. The molecule has 0 aromatic carbocycles. The lowest BCUT2D eigenvalue weighted by molar-refractivity contribution is 0.349. The summed E-state index contributed by atoms with van der Waals surface area (Å²) in [6.45, 7) is 4.58. The molecule has 2 heterocycles. The molecule has 0 radical (unpaired) electrons. The van der Waals surface area contributed by atoms with E-state index in [1.165, 1.54) is 5.57 Å². The van der Waals surface area contributed by atoms with Gasteiger partial charge in [0.1, 0.15) is 0 Å². The average Bonchev–Trinajstić information content (AvgIpc) is 2.59. The number of aromatic nitrogens is 2. The molecule has 1 aromatic heterocycles. The molecule has 0 N–H and O–H groups in total. The van der Waals surface area contributed by atoms with E-state index < -0.39 is 0 Å². The molecule has 1 aromatic rings. The molecular formula is C11H17N3O2. The fourth-order valence-electron chi connectivity index (χ4n) is 2.05. The first-order chi connectivity index (χ1) is 7.70. The van der Waals surface area contributed by atoms with Crippen molar-refractivity contribution in [3.63, 3.8) is 0 Å². The topological polar surface area (TPSA) is 51.3 Å².